The molecule has 4 nitrogen and oxygen atoms in total. The number of benzene rings is 3. The first kappa shape index (κ1) is 19.7. The quantitative estimate of drug-likeness (QED) is 0.422. The molecule has 0 amide bonds. The Kier molecular flexibility index (Phi) is 4.82. The lowest BCUT2D eigenvalue weighted by atomic mass is 9.95. The molecule has 4 rings (SSSR count). The van der Waals surface area contributed by atoms with Crippen LogP contribution in [0.4, 0.5) is 4.39 Å². The van der Waals surface area contributed by atoms with E-state index in [1.54, 1.807) is 55.5 Å². The van der Waals surface area contributed by atoms with Crippen LogP contribution in [0.2, 0.25) is 0 Å². The summed E-state index contributed by atoms with van der Waals surface area (Å²) >= 11 is 0. The SMILES string of the molecule is Cc1cc(-n2c(C(C)C)c(-c3ccc(C(=O)O)cc3)c3c(O)cccc32)ccc1F. The van der Waals surface area contributed by atoms with Gasteiger partial charge in [-0.2, -0.15) is 0 Å². The van der Waals surface area contributed by atoms with Crippen molar-refractivity contribution in [3.63, 3.8) is 0 Å². The smallest absolute Gasteiger partial charge is 0.335 e. The van der Waals surface area contributed by atoms with Crippen molar-refractivity contribution in [3.8, 4) is 22.6 Å². The number of halogens is 1. The molecule has 0 aliphatic heterocycles. The summed E-state index contributed by atoms with van der Waals surface area (Å²) in [5.41, 5.74) is 4.97. The number of phenols is 1. The predicted molar refractivity (Wildman–Crippen MR) is 116 cm³/mol. The fourth-order valence-electron chi connectivity index (χ4n) is 4.01. The maximum Gasteiger partial charge on any atom is 0.335 e. The van der Waals surface area contributed by atoms with E-state index in [1.165, 1.54) is 6.07 Å². The van der Waals surface area contributed by atoms with Gasteiger partial charge in [0.2, 0.25) is 0 Å². The van der Waals surface area contributed by atoms with Crippen LogP contribution < -0.4 is 0 Å². The summed E-state index contributed by atoms with van der Waals surface area (Å²) in [5, 5.41) is 20.7. The van der Waals surface area contributed by atoms with E-state index in [4.69, 9.17) is 0 Å². The van der Waals surface area contributed by atoms with Crippen molar-refractivity contribution in [2.24, 2.45) is 0 Å². The van der Waals surface area contributed by atoms with Crippen molar-refractivity contribution in [2.75, 3.05) is 0 Å². The average molecular weight is 403 g/mol. The number of aryl methyl sites for hydroxylation is 1. The molecule has 0 spiro atoms. The molecule has 1 heterocycles. The van der Waals surface area contributed by atoms with Crippen LogP contribution in [0, 0.1) is 12.7 Å². The van der Waals surface area contributed by atoms with Crippen molar-refractivity contribution in [3.05, 3.63) is 83.3 Å². The Balaban J connectivity index is 2.11. The minimum Gasteiger partial charge on any atom is -0.507 e. The van der Waals surface area contributed by atoms with Gasteiger partial charge in [-0.25, -0.2) is 9.18 Å². The summed E-state index contributed by atoms with van der Waals surface area (Å²) in [4.78, 5) is 11.3. The van der Waals surface area contributed by atoms with Gasteiger partial charge in [0, 0.05) is 22.3 Å². The van der Waals surface area contributed by atoms with Gasteiger partial charge in [-0.15, -0.1) is 0 Å². The number of carboxylic acids is 1. The third-order valence-electron chi connectivity index (χ3n) is 5.38. The van der Waals surface area contributed by atoms with Crippen LogP contribution in [-0.4, -0.2) is 20.7 Å². The van der Waals surface area contributed by atoms with Crippen LogP contribution in [0.5, 0.6) is 5.75 Å². The summed E-state index contributed by atoms with van der Waals surface area (Å²) < 4.78 is 16.0. The lowest BCUT2D eigenvalue weighted by Gasteiger charge is -2.16. The first-order valence-corrected chi connectivity index (χ1v) is 9.76. The fraction of sp³-hybridized carbons (Fsp3) is 0.160. The number of fused-ring (bicyclic) bond motifs is 1. The van der Waals surface area contributed by atoms with Gasteiger partial charge in [-0.3, -0.25) is 0 Å². The lowest BCUT2D eigenvalue weighted by Crippen LogP contribution is -2.04. The second-order valence-electron chi connectivity index (χ2n) is 7.74. The molecular formula is C25H22FNO3. The standard InChI is InChI=1S/C25H22FNO3/c1-14(2)24-22(16-7-9-17(10-8-16)25(29)30)23-20(5-4-6-21(23)28)27(24)18-11-12-19(26)15(3)13-18/h4-14,28H,1-3H3,(H,29,30). The lowest BCUT2D eigenvalue weighted by molar-refractivity contribution is 0.0697. The highest BCUT2D eigenvalue weighted by Crippen LogP contribution is 2.44. The Hall–Kier alpha value is -3.60. The molecule has 5 heteroatoms. The zero-order valence-electron chi connectivity index (χ0n) is 17.0. The van der Waals surface area contributed by atoms with Crippen LogP contribution in [-0.2, 0) is 0 Å². The molecule has 152 valence electrons. The molecule has 1 aromatic heterocycles. The first-order chi connectivity index (χ1) is 14.3. The molecule has 3 aromatic carbocycles. The number of hydrogen-bond acceptors (Lipinski definition) is 2. The Morgan fingerprint density at radius 3 is 2.33 bits per heavy atom. The Morgan fingerprint density at radius 1 is 1.03 bits per heavy atom. The predicted octanol–water partition coefficient (Wildman–Crippen LogP) is 6.27. The van der Waals surface area contributed by atoms with E-state index in [-0.39, 0.29) is 23.0 Å². The molecule has 0 saturated carbocycles. The molecular weight excluding hydrogens is 381 g/mol. The zero-order valence-corrected chi connectivity index (χ0v) is 17.0. The van der Waals surface area contributed by atoms with Crippen molar-refractivity contribution in [2.45, 2.75) is 26.7 Å². The van der Waals surface area contributed by atoms with E-state index in [0.717, 1.165) is 28.0 Å². The number of carboxylic acid groups (broad SMARTS) is 1. The minimum absolute atomic E-state index is 0.0799. The zero-order chi connectivity index (χ0) is 21.6. The second-order valence-corrected chi connectivity index (χ2v) is 7.74. The van der Waals surface area contributed by atoms with Gasteiger partial charge in [0.05, 0.1) is 11.1 Å². The maximum absolute atomic E-state index is 13.9. The summed E-state index contributed by atoms with van der Waals surface area (Å²) in [5.74, 6) is -1.04. The van der Waals surface area contributed by atoms with E-state index in [2.05, 4.69) is 13.8 Å². The molecule has 0 radical (unpaired) electrons. The highest BCUT2D eigenvalue weighted by atomic mass is 19.1. The highest BCUT2D eigenvalue weighted by Gasteiger charge is 2.24. The number of carbonyl (C=O) groups is 1. The van der Waals surface area contributed by atoms with Crippen LogP contribution in [0.25, 0.3) is 27.7 Å². The van der Waals surface area contributed by atoms with Crippen molar-refractivity contribution in [1.82, 2.24) is 4.57 Å². The van der Waals surface area contributed by atoms with Gasteiger partial charge in [-0.05, 0) is 66.4 Å². The summed E-state index contributed by atoms with van der Waals surface area (Å²) in [7, 11) is 0. The second kappa shape index (κ2) is 7.34. The summed E-state index contributed by atoms with van der Waals surface area (Å²) in [6.07, 6.45) is 0. The van der Waals surface area contributed by atoms with E-state index in [0.29, 0.717) is 10.9 Å². The molecule has 0 aliphatic rings. The number of hydrogen-bond donors (Lipinski definition) is 2. The Bertz CT molecular complexity index is 1270. The number of rotatable bonds is 4. The highest BCUT2D eigenvalue weighted by molar-refractivity contribution is 6.03. The van der Waals surface area contributed by atoms with E-state index < -0.39 is 5.97 Å². The Morgan fingerprint density at radius 2 is 1.73 bits per heavy atom. The molecule has 0 bridgehead atoms. The first-order valence-electron chi connectivity index (χ1n) is 9.76. The fourth-order valence-corrected chi connectivity index (χ4v) is 4.01. The van der Waals surface area contributed by atoms with Gasteiger partial charge in [0.25, 0.3) is 0 Å². The average Bonchev–Trinajstić information content (AvgIpc) is 3.07. The van der Waals surface area contributed by atoms with Gasteiger partial charge in [0.15, 0.2) is 0 Å². The normalized spacial score (nSPS) is 11.4. The maximum atomic E-state index is 13.9. The third kappa shape index (κ3) is 3.12. The molecule has 4 aromatic rings. The van der Waals surface area contributed by atoms with Crippen LogP contribution >= 0.6 is 0 Å². The number of nitrogens with zero attached hydrogens (tertiary/aromatic N) is 1. The Labute approximate surface area is 173 Å². The molecule has 30 heavy (non-hydrogen) atoms. The number of phenolic OH excluding ortho intramolecular Hbond substituents is 1. The van der Waals surface area contributed by atoms with E-state index in [1.807, 2.05) is 10.6 Å². The van der Waals surface area contributed by atoms with Crippen molar-refractivity contribution >= 4 is 16.9 Å². The summed E-state index contributed by atoms with van der Waals surface area (Å²) in [6.45, 7) is 5.85. The van der Waals surface area contributed by atoms with Crippen LogP contribution in [0.15, 0.2) is 60.7 Å². The van der Waals surface area contributed by atoms with Gasteiger partial charge >= 0.3 is 5.97 Å². The number of aromatic carboxylic acids is 1. The molecule has 0 unspecified atom stereocenters. The molecule has 2 N–H and O–H groups in total. The largest absolute Gasteiger partial charge is 0.507 e. The topological polar surface area (TPSA) is 62.5 Å². The molecule has 0 atom stereocenters. The van der Waals surface area contributed by atoms with Gasteiger partial charge < -0.3 is 14.8 Å². The van der Waals surface area contributed by atoms with Gasteiger partial charge in [-0.1, -0.05) is 32.0 Å². The van der Waals surface area contributed by atoms with Crippen molar-refractivity contribution < 1.29 is 19.4 Å². The molecule has 0 fully saturated rings. The van der Waals surface area contributed by atoms with Crippen molar-refractivity contribution in [1.29, 1.82) is 0 Å². The molecule has 0 aliphatic carbocycles. The van der Waals surface area contributed by atoms with Gasteiger partial charge in [0.1, 0.15) is 11.6 Å². The van der Waals surface area contributed by atoms with E-state index in [9.17, 15) is 19.4 Å². The third-order valence-corrected chi connectivity index (χ3v) is 5.38. The van der Waals surface area contributed by atoms with Crippen LogP contribution in [0.3, 0.4) is 0 Å². The minimum atomic E-state index is -0.988. The molecule has 0 saturated heterocycles. The number of aromatic hydroxyl groups is 1. The number of aromatic nitrogens is 1. The van der Waals surface area contributed by atoms with E-state index >= 15 is 0 Å². The monoisotopic (exact) mass is 403 g/mol. The van der Waals surface area contributed by atoms with Crippen LogP contribution in [0.1, 0.15) is 41.4 Å². The summed E-state index contributed by atoms with van der Waals surface area (Å²) in [6, 6.07) is 17.0.